The maximum Gasteiger partial charge on any atom is 0.301 e. The minimum Gasteiger partial charge on any atom is -0.508 e. The first-order valence-corrected chi connectivity index (χ1v) is 10.6. The molecule has 156 valence electrons. The Morgan fingerprint density at radius 2 is 2.06 bits per heavy atom. The maximum atomic E-state index is 13.1. The lowest BCUT2D eigenvalue weighted by molar-refractivity contribution is -0.132. The van der Waals surface area contributed by atoms with E-state index in [9.17, 15) is 19.8 Å². The number of thiazole rings is 1. The molecule has 1 aromatic heterocycles. The second kappa shape index (κ2) is 7.24. The van der Waals surface area contributed by atoms with Gasteiger partial charge in [-0.05, 0) is 48.4 Å². The van der Waals surface area contributed by atoms with E-state index in [4.69, 9.17) is 4.74 Å². The number of Topliss-reactive ketones (excluding diaryl/α,β-unsaturated/α-hetero) is 1. The molecule has 3 aromatic rings. The van der Waals surface area contributed by atoms with Crippen molar-refractivity contribution in [3.63, 3.8) is 0 Å². The first-order valence-electron chi connectivity index (χ1n) is 9.73. The van der Waals surface area contributed by atoms with Gasteiger partial charge in [0.2, 0.25) is 0 Å². The fraction of sp³-hybridized carbons (Fsp3) is 0.174. The fourth-order valence-corrected chi connectivity index (χ4v) is 4.77. The van der Waals surface area contributed by atoms with E-state index in [2.05, 4.69) is 4.98 Å². The zero-order valence-electron chi connectivity index (χ0n) is 16.5. The Hall–Kier alpha value is -3.65. The van der Waals surface area contributed by atoms with Gasteiger partial charge in [0.1, 0.15) is 23.4 Å². The first-order chi connectivity index (χ1) is 14.9. The van der Waals surface area contributed by atoms with Gasteiger partial charge < -0.3 is 14.9 Å². The highest BCUT2D eigenvalue weighted by atomic mass is 32.1. The van der Waals surface area contributed by atoms with Crippen molar-refractivity contribution in [2.75, 3.05) is 4.90 Å². The summed E-state index contributed by atoms with van der Waals surface area (Å²) in [7, 11) is 0. The van der Waals surface area contributed by atoms with Crippen molar-refractivity contribution in [1.29, 1.82) is 0 Å². The third-order valence-corrected chi connectivity index (χ3v) is 6.20. The second-order valence-corrected chi connectivity index (χ2v) is 8.41. The van der Waals surface area contributed by atoms with Crippen LogP contribution in [0.3, 0.4) is 0 Å². The van der Waals surface area contributed by atoms with Crippen molar-refractivity contribution >= 4 is 33.9 Å². The molecule has 5 rings (SSSR count). The predicted molar refractivity (Wildman–Crippen MR) is 115 cm³/mol. The smallest absolute Gasteiger partial charge is 0.301 e. The van der Waals surface area contributed by atoms with E-state index in [1.165, 1.54) is 28.4 Å². The third-order valence-electron chi connectivity index (χ3n) is 5.43. The van der Waals surface area contributed by atoms with Crippen molar-refractivity contribution in [1.82, 2.24) is 4.98 Å². The van der Waals surface area contributed by atoms with Crippen LogP contribution in [0.15, 0.2) is 59.6 Å². The van der Waals surface area contributed by atoms with Crippen LogP contribution in [0.5, 0.6) is 11.5 Å². The highest BCUT2D eigenvalue weighted by Crippen LogP contribution is 2.43. The monoisotopic (exact) mass is 434 g/mol. The minimum absolute atomic E-state index is 0.00843. The molecule has 1 amide bonds. The lowest BCUT2D eigenvalue weighted by Gasteiger charge is -2.23. The highest BCUT2D eigenvalue weighted by molar-refractivity contribution is 7.14. The number of carbonyl (C=O) groups is 2. The Balaban J connectivity index is 1.69. The van der Waals surface area contributed by atoms with Crippen LogP contribution in [0.25, 0.3) is 5.76 Å². The lowest BCUT2D eigenvalue weighted by Crippen LogP contribution is -2.29. The third kappa shape index (κ3) is 3.16. The number of amides is 1. The van der Waals surface area contributed by atoms with Crippen LogP contribution in [-0.4, -0.2) is 33.0 Å². The molecule has 0 aliphatic carbocycles. The zero-order valence-corrected chi connectivity index (χ0v) is 17.3. The van der Waals surface area contributed by atoms with Gasteiger partial charge in [0.15, 0.2) is 5.13 Å². The van der Waals surface area contributed by atoms with E-state index < -0.39 is 17.7 Å². The van der Waals surface area contributed by atoms with Gasteiger partial charge in [0.25, 0.3) is 5.78 Å². The van der Waals surface area contributed by atoms with E-state index in [-0.39, 0.29) is 23.2 Å². The Morgan fingerprint density at radius 3 is 2.81 bits per heavy atom. The normalized spacial score (nSPS) is 21.9. The number of carbonyl (C=O) groups excluding carboxylic acids is 2. The summed E-state index contributed by atoms with van der Waals surface area (Å²) in [6, 6.07) is 10.6. The Kier molecular flexibility index (Phi) is 4.51. The molecule has 31 heavy (non-hydrogen) atoms. The fourth-order valence-electron chi connectivity index (χ4n) is 4.10. The van der Waals surface area contributed by atoms with Gasteiger partial charge in [-0.25, -0.2) is 4.98 Å². The van der Waals surface area contributed by atoms with Gasteiger partial charge in [-0.15, -0.1) is 11.3 Å². The summed E-state index contributed by atoms with van der Waals surface area (Å²) in [5.41, 5.74) is 1.81. The highest BCUT2D eigenvalue weighted by Gasteiger charge is 2.48. The average Bonchev–Trinajstić information content (AvgIpc) is 3.45. The van der Waals surface area contributed by atoms with Crippen molar-refractivity contribution in [3.8, 4) is 11.5 Å². The summed E-state index contributed by atoms with van der Waals surface area (Å²) < 4.78 is 5.71. The molecule has 0 saturated carbocycles. The number of phenolic OH excluding ortho intramolecular Hbond substituents is 1. The van der Waals surface area contributed by atoms with Crippen molar-refractivity contribution in [2.24, 2.45) is 0 Å². The molecule has 2 aliphatic heterocycles. The number of nitrogens with zero attached hydrogens (tertiary/aromatic N) is 2. The Morgan fingerprint density at radius 1 is 1.23 bits per heavy atom. The molecule has 2 aliphatic rings. The molecule has 2 aromatic carbocycles. The summed E-state index contributed by atoms with van der Waals surface area (Å²) in [6.45, 7) is 1.96. The number of aliphatic hydroxyl groups is 1. The molecule has 0 unspecified atom stereocenters. The van der Waals surface area contributed by atoms with Gasteiger partial charge in [0.05, 0.1) is 11.6 Å². The maximum absolute atomic E-state index is 13.1. The number of anilines is 1. The van der Waals surface area contributed by atoms with Crippen LogP contribution in [0.1, 0.15) is 29.7 Å². The largest absolute Gasteiger partial charge is 0.508 e. The Labute approximate surface area is 181 Å². The quantitative estimate of drug-likeness (QED) is 0.370. The van der Waals surface area contributed by atoms with Crippen molar-refractivity contribution in [2.45, 2.75) is 25.5 Å². The van der Waals surface area contributed by atoms with Gasteiger partial charge in [-0.3, -0.25) is 14.5 Å². The summed E-state index contributed by atoms with van der Waals surface area (Å²) in [6.07, 6.45) is 2.27. The molecule has 3 heterocycles. The van der Waals surface area contributed by atoms with E-state index in [0.29, 0.717) is 22.7 Å². The molecule has 1 fully saturated rings. The van der Waals surface area contributed by atoms with Crippen LogP contribution in [-0.2, 0) is 16.0 Å². The molecule has 0 bridgehead atoms. The first kappa shape index (κ1) is 19.3. The SMILES string of the molecule is C[C@@H]1Cc2cc(C(O)=C3C(=O)C(=O)N(c4nccs4)[C@@H]3c3cccc(O)c3)ccc2O1. The second-order valence-electron chi connectivity index (χ2n) is 7.53. The molecule has 7 nitrogen and oxygen atoms in total. The minimum atomic E-state index is -0.915. The lowest BCUT2D eigenvalue weighted by atomic mass is 9.94. The van der Waals surface area contributed by atoms with Crippen LogP contribution in [0, 0.1) is 0 Å². The van der Waals surface area contributed by atoms with Gasteiger partial charge >= 0.3 is 5.91 Å². The number of rotatable bonds is 3. The predicted octanol–water partition coefficient (Wildman–Crippen LogP) is 3.80. The number of aromatic hydroxyl groups is 1. The summed E-state index contributed by atoms with van der Waals surface area (Å²) in [5.74, 6) is -1.11. The van der Waals surface area contributed by atoms with Crippen molar-refractivity contribution < 1.29 is 24.5 Å². The van der Waals surface area contributed by atoms with E-state index in [1.54, 1.807) is 41.9 Å². The van der Waals surface area contributed by atoms with Crippen LogP contribution >= 0.6 is 11.3 Å². The van der Waals surface area contributed by atoms with E-state index in [1.807, 2.05) is 6.92 Å². The molecule has 2 atom stereocenters. The molecule has 8 heteroatoms. The summed E-state index contributed by atoms with van der Waals surface area (Å²) in [5, 5.41) is 23.2. The van der Waals surface area contributed by atoms with Crippen molar-refractivity contribution in [3.05, 3.63) is 76.3 Å². The van der Waals surface area contributed by atoms with Gasteiger partial charge in [-0.1, -0.05) is 12.1 Å². The van der Waals surface area contributed by atoms with E-state index >= 15 is 0 Å². The molecule has 0 radical (unpaired) electrons. The van der Waals surface area contributed by atoms with Crippen LogP contribution in [0.4, 0.5) is 5.13 Å². The number of aliphatic hydroxyl groups excluding tert-OH is 1. The number of hydrogen-bond donors (Lipinski definition) is 2. The topological polar surface area (TPSA) is 100.0 Å². The number of phenols is 1. The van der Waals surface area contributed by atoms with E-state index in [0.717, 1.165) is 11.3 Å². The zero-order chi connectivity index (χ0) is 21.7. The number of ketones is 1. The molecule has 1 saturated heterocycles. The summed E-state index contributed by atoms with van der Waals surface area (Å²) >= 11 is 1.21. The van der Waals surface area contributed by atoms with Crippen LogP contribution in [0.2, 0.25) is 0 Å². The molecular weight excluding hydrogens is 416 g/mol. The number of ether oxygens (including phenoxy) is 1. The average molecular weight is 434 g/mol. The molecule has 0 spiro atoms. The number of benzene rings is 2. The van der Waals surface area contributed by atoms with Crippen LogP contribution < -0.4 is 9.64 Å². The van der Waals surface area contributed by atoms with Gasteiger partial charge in [0, 0.05) is 23.6 Å². The summed E-state index contributed by atoms with van der Waals surface area (Å²) in [4.78, 5) is 31.5. The van der Waals surface area contributed by atoms with Gasteiger partial charge in [-0.2, -0.15) is 0 Å². The standard InChI is InChI=1S/C23H18N2O5S/c1-12-9-15-10-14(5-6-17(15)30-12)20(27)18-19(13-3-2-4-16(26)11-13)25(22(29)21(18)28)23-24-7-8-31-23/h2-8,10-12,19,26-27H,9H2,1H3/t12-,19-/m1/s1. The number of fused-ring (bicyclic) bond motifs is 1. The molecular formula is C23H18N2O5S. The number of hydrogen-bond acceptors (Lipinski definition) is 7. The molecule has 2 N–H and O–H groups in total. The number of aromatic nitrogens is 1. The Bertz CT molecular complexity index is 1230.